The van der Waals surface area contributed by atoms with Gasteiger partial charge in [-0.05, 0) is 32.6 Å². The zero-order chi connectivity index (χ0) is 9.47. The maximum atomic E-state index is 11.8. The zero-order valence-electron chi connectivity index (χ0n) is 8.23. The van der Waals surface area contributed by atoms with Crippen LogP contribution in [0.2, 0.25) is 0 Å². The number of hydrogen-bond acceptors (Lipinski definition) is 1. The Hall–Kier alpha value is -0.850. The molecule has 0 N–H and O–H groups in total. The number of rotatable bonds is 0. The molecule has 1 heteroatoms. The minimum atomic E-state index is -0.139. The lowest BCUT2D eigenvalue weighted by molar-refractivity contribution is -0.124. The summed E-state index contributed by atoms with van der Waals surface area (Å²) in [4.78, 5) is 11.8. The molecular weight excluding hydrogens is 160 g/mol. The molecule has 1 fully saturated rings. The van der Waals surface area contributed by atoms with Crippen molar-refractivity contribution in [2.24, 2.45) is 5.41 Å². The van der Waals surface area contributed by atoms with E-state index >= 15 is 0 Å². The van der Waals surface area contributed by atoms with E-state index in [1.807, 2.05) is 0 Å². The average molecular weight is 176 g/mol. The third-order valence-corrected chi connectivity index (χ3v) is 3.51. The zero-order valence-corrected chi connectivity index (χ0v) is 8.23. The van der Waals surface area contributed by atoms with Crippen LogP contribution in [0.15, 0.2) is 23.8 Å². The first kappa shape index (κ1) is 8.74. The smallest absolute Gasteiger partial charge is 0.143 e. The lowest BCUT2D eigenvalue weighted by Gasteiger charge is -2.32. The molecule has 70 valence electrons. The largest absolute Gasteiger partial charge is 0.299 e. The summed E-state index contributed by atoms with van der Waals surface area (Å²) in [6, 6.07) is 0. The van der Waals surface area contributed by atoms with Crippen molar-refractivity contribution in [2.75, 3.05) is 0 Å². The van der Waals surface area contributed by atoms with Crippen molar-refractivity contribution in [1.29, 1.82) is 0 Å². The van der Waals surface area contributed by atoms with Crippen LogP contribution in [0.5, 0.6) is 0 Å². The first-order chi connectivity index (χ1) is 6.15. The van der Waals surface area contributed by atoms with Gasteiger partial charge in [0.15, 0.2) is 0 Å². The Balaban J connectivity index is 2.33. The van der Waals surface area contributed by atoms with Gasteiger partial charge in [0, 0.05) is 6.42 Å². The van der Waals surface area contributed by atoms with E-state index in [2.05, 4.69) is 19.6 Å². The quantitative estimate of drug-likeness (QED) is 0.518. The van der Waals surface area contributed by atoms with E-state index in [-0.39, 0.29) is 5.41 Å². The van der Waals surface area contributed by atoms with Crippen molar-refractivity contribution in [3.05, 3.63) is 23.8 Å². The van der Waals surface area contributed by atoms with E-state index in [0.717, 1.165) is 37.7 Å². The summed E-state index contributed by atoms with van der Waals surface area (Å²) in [6.45, 7) is 6.21. The fourth-order valence-corrected chi connectivity index (χ4v) is 2.59. The Bertz CT molecular complexity index is 298. The molecule has 1 unspecified atom stereocenters. The molecule has 0 aromatic rings. The van der Waals surface area contributed by atoms with Gasteiger partial charge in [0.25, 0.3) is 0 Å². The number of ketones is 1. The third kappa shape index (κ3) is 1.18. The van der Waals surface area contributed by atoms with Gasteiger partial charge < -0.3 is 0 Å². The van der Waals surface area contributed by atoms with Gasteiger partial charge in [-0.3, -0.25) is 4.79 Å². The van der Waals surface area contributed by atoms with Crippen LogP contribution in [0, 0.1) is 5.41 Å². The molecule has 2 aliphatic rings. The number of Topliss-reactive ketones (excluding diaryl/α,β-unsaturated/α-hetero) is 1. The number of hydrogen-bond donors (Lipinski definition) is 0. The molecule has 1 nitrogen and oxygen atoms in total. The van der Waals surface area contributed by atoms with Crippen LogP contribution in [0.1, 0.15) is 39.0 Å². The molecule has 2 rings (SSSR count). The van der Waals surface area contributed by atoms with E-state index in [1.54, 1.807) is 0 Å². The highest BCUT2D eigenvalue weighted by Crippen LogP contribution is 2.48. The first-order valence-electron chi connectivity index (χ1n) is 5.02. The second-order valence-corrected chi connectivity index (χ2v) is 4.39. The van der Waals surface area contributed by atoms with Crippen molar-refractivity contribution in [3.63, 3.8) is 0 Å². The Morgan fingerprint density at radius 1 is 1.54 bits per heavy atom. The molecule has 2 aliphatic carbocycles. The molecular formula is C12H16O. The number of carbonyl (C=O) groups is 1. The van der Waals surface area contributed by atoms with Gasteiger partial charge in [0.1, 0.15) is 5.78 Å². The second-order valence-electron chi connectivity index (χ2n) is 4.39. The van der Waals surface area contributed by atoms with Crippen molar-refractivity contribution < 1.29 is 4.79 Å². The minimum Gasteiger partial charge on any atom is -0.299 e. The number of carbonyl (C=O) groups excluding carboxylic acids is 1. The molecule has 0 saturated heterocycles. The van der Waals surface area contributed by atoms with Crippen LogP contribution in [-0.2, 0) is 4.79 Å². The molecule has 1 spiro atoms. The molecule has 0 heterocycles. The first-order valence-corrected chi connectivity index (χ1v) is 5.02. The van der Waals surface area contributed by atoms with Gasteiger partial charge in [-0.15, -0.1) is 0 Å². The molecule has 0 radical (unpaired) electrons. The average Bonchev–Trinajstić information content (AvgIpc) is 2.43. The summed E-state index contributed by atoms with van der Waals surface area (Å²) in [5, 5.41) is 0. The van der Waals surface area contributed by atoms with E-state index in [4.69, 9.17) is 0 Å². The van der Waals surface area contributed by atoms with Gasteiger partial charge in [-0.1, -0.05) is 23.8 Å². The predicted octanol–water partition coefficient (Wildman–Crippen LogP) is 3.02. The highest BCUT2D eigenvalue weighted by molar-refractivity contribution is 5.90. The van der Waals surface area contributed by atoms with Crippen LogP contribution >= 0.6 is 0 Å². The summed E-state index contributed by atoms with van der Waals surface area (Å²) >= 11 is 0. The maximum Gasteiger partial charge on any atom is 0.143 e. The molecule has 1 saturated carbocycles. The normalized spacial score (nSPS) is 34.1. The van der Waals surface area contributed by atoms with Crippen molar-refractivity contribution >= 4 is 5.78 Å². The van der Waals surface area contributed by atoms with Gasteiger partial charge in [-0.2, -0.15) is 0 Å². The Morgan fingerprint density at radius 2 is 2.31 bits per heavy atom. The Morgan fingerprint density at radius 3 is 2.85 bits per heavy atom. The highest BCUT2D eigenvalue weighted by Gasteiger charge is 2.44. The highest BCUT2D eigenvalue weighted by atomic mass is 16.1. The van der Waals surface area contributed by atoms with Crippen molar-refractivity contribution in [3.8, 4) is 0 Å². The third-order valence-electron chi connectivity index (χ3n) is 3.51. The summed E-state index contributed by atoms with van der Waals surface area (Å²) in [6.07, 6.45) is 6.94. The van der Waals surface area contributed by atoms with E-state index in [9.17, 15) is 4.79 Å². The van der Waals surface area contributed by atoms with Crippen LogP contribution in [0.4, 0.5) is 0 Å². The Kier molecular flexibility index (Phi) is 1.90. The van der Waals surface area contributed by atoms with Crippen LogP contribution in [-0.4, -0.2) is 5.78 Å². The topological polar surface area (TPSA) is 17.1 Å². The monoisotopic (exact) mass is 176 g/mol. The lowest BCUT2D eigenvalue weighted by atomic mass is 9.70. The SMILES string of the molecule is C=C1CC(C)=CCC12CCCC2=O. The fourth-order valence-electron chi connectivity index (χ4n) is 2.59. The molecule has 1 atom stereocenters. The van der Waals surface area contributed by atoms with Gasteiger partial charge in [0.2, 0.25) is 0 Å². The van der Waals surface area contributed by atoms with Crippen molar-refractivity contribution in [2.45, 2.75) is 39.0 Å². The van der Waals surface area contributed by atoms with Gasteiger partial charge >= 0.3 is 0 Å². The van der Waals surface area contributed by atoms with Crippen LogP contribution in [0.25, 0.3) is 0 Å². The molecule has 0 aromatic heterocycles. The predicted molar refractivity (Wildman–Crippen MR) is 53.4 cm³/mol. The summed E-state index contributed by atoms with van der Waals surface area (Å²) < 4.78 is 0. The van der Waals surface area contributed by atoms with Crippen LogP contribution in [0.3, 0.4) is 0 Å². The standard InChI is InChI=1S/C12H16O/c1-9-5-7-12(10(2)8-9)6-3-4-11(12)13/h5H,2-4,6-8H2,1H3. The molecule has 0 aromatic carbocycles. The van der Waals surface area contributed by atoms with E-state index in [0.29, 0.717) is 5.78 Å². The van der Waals surface area contributed by atoms with Gasteiger partial charge in [-0.25, -0.2) is 0 Å². The molecule has 0 amide bonds. The summed E-state index contributed by atoms with van der Waals surface area (Å²) in [5.74, 6) is 0.432. The fraction of sp³-hybridized carbons (Fsp3) is 0.583. The molecule has 13 heavy (non-hydrogen) atoms. The van der Waals surface area contributed by atoms with E-state index in [1.165, 1.54) is 5.57 Å². The minimum absolute atomic E-state index is 0.139. The molecule has 0 bridgehead atoms. The van der Waals surface area contributed by atoms with Crippen molar-refractivity contribution in [1.82, 2.24) is 0 Å². The number of allylic oxidation sites excluding steroid dienone is 3. The van der Waals surface area contributed by atoms with Gasteiger partial charge in [0.05, 0.1) is 5.41 Å². The second kappa shape index (κ2) is 2.83. The molecule has 0 aliphatic heterocycles. The summed E-state index contributed by atoms with van der Waals surface area (Å²) in [5.41, 5.74) is 2.39. The Labute approximate surface area is 79.5 Å². The van der Waals surface area contributed by atoms with Crippen LogP contribution < -0.4 is 0 Å². The summed E-state index contributed by atoms with van der Waals surface area (Å²) in [7, 11) is 0. The lowest BCUT2D eigenvalue weighted by Crippen LogP contribution is -2.29. The maximum absolute atomic E-state index is 11.8. The van der Waals surface area contributed by atoms with E-state index < -0.39 is 0 Å².